The summed E-state index contributed by atoms with van der Waals surface area (Å²) in [6.07, 6.45) is 2.61. The summed E-state index contributed by atoms with van der Waals surface area (Å²) >= 11 is 8.68. The molecule has 1 fully saturated rings. The van der Waals surface area contributed by atoms with Crippen LogP contribution in [0.25, 0.3) is 11.4 Å². The molecule has 1 saturated heterocycles. The summed E-state index contributed by atoms with van der Waals surface area (Å²) < 4.78 is 8.08. The maximum atomic E-state index is 13.7. The number of ketones is 1. The van der Waals surface area contributed by atoms with E-state index in [1.807, 2.05) is 37.3 Å². The lowest BCUT2D eigenvalue weighted by Crippen LogP contribution is -2.29. The molecule has 12 heteroatoms. The number of aromatic nitrogens is 4. The van der Waals surface area contributed by atoms with E-state index in [9.17, 15) is 14.7 Å². The fourth-order valence-corrected chi connectivity index (χ4v) is 6.87. The second-order valence-corrected chi connectivity index (χ2v) is 12.4. The normalized spacial score (nSPS) is 16.3. The number of halogens is 1. The summed E-state index contributed by atoms with van der Waals surface area (Å²) in [4.78, 5) is 33.2. The van der Waals surface area contributed by atoms with Gasteiger partial charge in [-0.3, -0.25) is 18.9 Å². The van der Waals surface area contributed by atoms with Gasteiger partial charge in [-0.15, -0.1) is 10.2 Å². The van der Waals surface area contributed by atoms with E-state index in [2.05, 4.69) is 15.2 Å². The lowest BCUT2D eigenvalue weighted by Gasteiger charge is -2.22. The Morgan fingerprint density at radius 1 is 1.07 bits per heavy atom. The molecule has 1 N–H and O–H groups in total. The highest BCUT2D eigenvalue weighted by Gasteiger charge is 2.49. The second kappa shape index (κ2) is 12.2. The van der Waals surface area contributed by atoms with Crippen molar-refractivity contribution in [1.29, 1.82) is 0 Å². The van der Waals surface area contributed by atoms with Gasteiger partial charge in [-0.1, -0.05) is 72.0 Å². The Balaban J connectivity index is 1.42. The number of rotatable bonds is 9. The third-order valence-electron chi connectivity index (χ3n) is 6.92. The van der Waals surface area contributed by atoms with E-state index in [-0.39, 0.29) is 16.5 Å². The first-order chi connectivity index (χ1) is 20.9. The van der Waals surface area contributed by atoms with E-state index in [4.69, 9.17) is 16.3 Å². The molecule has 9 nitrogen and oxygen atoms in total. The van der Waals surface area contributed by atoms with Crippen molar-refractivity contribution < 1.29 is 19.4 Å². The molecular weight excluding hydrogens is 606 g/mol. The lowest BCUT2D eigenvalue weighted by molar-refractivity contribution is -0.132. The summed E-state index contributed by atoms with van der Waals surface area (Å²) in [7, 11) is 0. The largest absolute Gasteiger partial charge is 0.505 e. The lowest BCUT2D eigenvalue weighted by atomic mass is 9.96. The van der Waals surface area contributed by atoms with E-state index in [0.29, 0.717) is 50.1 Å². The van der Waals surface area contributed by atoms with Crippen LogP contribution in [0.1, 0.15) is 41.9 Å². The summed E-state index contributed by atoms with van der Waals surface area (Å²) in [5.74, 6) is -0.632. The van der Waals surface area contributed by atoms with E-state index in [1.165, 1.54) is 28.0 Å². The molecule has 0 bridgehead atoms. The van der Waals surface area contributed by atoms with Gasteiger partial charge in [0.1, 0.15) is 17.1 Å². The number of benzene rings is 2. The SMILES string of the molecule is CCCOc1ccc(C2C(=C(O)c3c(C)nc4ccccn34)C(=O)C(=O)N2c2nnc(SCc3ccc(Cl)cc3)s2)cc1. The van der Waals surface area contributed by atoms with Crippen molar-refractivity contribution in [1.82, 2.24) is 19.6 Å². The van der Waals surface area contributed by atoms with Crippen LogP contribution in [0.5, 0.6) is 5.75 Å². The quantitative estimate of drug-likeness (QED) is 0.0618. The molecule has 43 heavy (non-hydrogen) atoms. The van der Waals surface area contributed by atoms with Crippen molar-refractivity contribution in [2.24, 2.45) is 0 Å². The molecule has 0 radical (unpaired) electrons. The molecule has 1 amide bonds. The minimum Gasteiger partial charge on any atom is -0.505 e. The number of carbonyl (C=O) groups is 2. The molecule has 2 aromatic carbocycles. The predicted molar refractivity (Wildman–Crippen MR) is 168 cm³/mol. The zero-order valence-electron chi connectivity index (χ0n) is 23.2. The summed E-state index contributed by atoms with van der Waals surface area (Å²) in [5, 5.41) is 21.2. The van der Waals surface area contributed by atoms with Gasteiger partial charge in [0.15, 0.2) is 10.1 Å². The van der Waals surface area contributed by atoms with Crippen LogP contribution >= 0.6 is 34.7 Å². The fraction of sp³-hybridized carbons (Fsp3) is 0.194. The van der Waals surface area contributed by atoms with Gasteiger partial charge in [0.25, 0.3) is 5.78 Å². The number of aliphatic hydroxyl groups excluding tert-OH is 1. The molecule has 1 aliphatic heterocycles. The van der Waals surface area contributed by atoms with Crippen LogP contribution < -0.4 is 9.64 Å². The summed E-state index contributed by atoms with van der Waals surface area (Å²) in [5.41, 5.74) is 3.09. The van der Waals surface area contributed by atoms with Crippen molar-refractivity contribution in [3.8, 4) is 5.75 Å². The molecular formula is C31H26ClN5O4S2. The van der Waals surface area contributed by atoms with Gasteiger partial charge in [-0.25, -0.2) is 4.98 Å². The summed E-state index contributed by atoms with van der Waals surface area (Å²) in [6, 6.07) is 19.2. The number of anilines is 1. The number of nitrogens with zero attached hydrogens (tertiary/aromatic N) is 5. The minimum atomic E-state index is -0.948. The first-order valence-electron chi connectivity index (χ1n) is 13.5. The fourth-order valence-electron chi connectivity index (χ4n) is 4.92. The highest BCUT2D eigenvalue weighted by molar-refractivity contribution is 8.00. The first-order valence-corrected chi connectivity index (χ1v) is 15.7. The Hall–Kier alpha value is -4.19. The van der Waals surface area contributed by atoms with Crippen LogP contribution in [0, 0.1) is 6.92 Å². The van der Waals surface area contributed by atoms with Crippen molar-refractivity contribution in [3.63, 3.8) is 0 Å². The third kappa shape index (κ3) is 5.63. The van der Waals surface area contributed by atoms with Crippen LogP contribution in [-0.4, -0.2) is 43.0 Å². The highest BCUT2D eigenvalue weighted by atomic mass is 35.5. The number of carbonyl (C=O) groups excluding carboxylic acids is 2. The number of ether oxygens (including phenoxy) is 1. The number of hydrogen-bond donors (Lipinski definition) is 1. The van der Waals surface area contributed by atoms with E-state index in [1.54, 1.807) is 53.9 Å². The Bertz CT molecular complexity index is 1850. The topological polar surface area (TPSA) is 110 Å². The van der Waals surface area contributed by atoms with E-state index >= 15 is 0 Å². The van der Waals surface area contributed by atoms with Crippen LogP contribution in [-0.2, 0) is 15.3 Å². The average molecular weight is 632 g/mol. The molecule has 3 aromatic heterocycles. The zero-order valence-corrected chi connectivity index (χ0v) is 25.6. The number of fused-ring (bicyclic) bond motifs is 1. The molecule has 0 aliphatic carbocycles. The summed E-state index contributed by atoms with van der Waals surface area (Å²) in [6.45, 7) is 4.34. The van der Waals surface area contributed by atoms with Crippen LogP contribution in [0.4, 0.5) is 5.13 Å². The Labute approximate surface area is 260 Å². The van der Waals surface area contributed by atoms with Crippen molar-refractivity contribution >= 4 is 62.9 Å². The van der Waals surface area contributed by atoms with E-state index in [0.717, 1.165) is 12.0 Å². The number of hydrogen-bond acceptors (Lipinski definition) is 9. The number of aliphatic hydroxyl groups is 1. The van der Waals surface area contributed by atoms with E-state index < -0.39 is 17.7 Å². The maximum absolute atomic E-state index is 13.7. The number of amides is 1. The van der Waals surface area contributed by atoms with Crippen molar-refractivity contribution in [2.75, 3.05) is 11.5 Å². The number of aryl methyl sites for hydroxylation is 1. The van der Waals surface area contributed by atoms with Gasteiger partial charge in [-0.2, -0.15) is 0 Å². The predicted octanol–water partition coefficient (Wildman–Crippen LogP) is 6.86. The molecule has 1 atom stereocenters. The Kier molecular flexibility index (Phi) is 8.20. The van der Waals surface area contributed by atoms with Crippen LogP contribution in [0.3, 0.4) is 0 Å². The Morgan fingerprint density at radius 3 is 2.58 bits per heavy atom. The second-order valence-electron chi connectivity index (χ2n) is 9.83. The van der Waals surface area contributed by atoms with Crippen molar-refractivity contribution in [2.45, 2.75) is 36.4 Å². The van der Waals surface area contributed by atoms with Gasteiger partial charge in [-0.05, 0) is 60.9 Å². The molecule has 1 aliphatic rings. The van der Waals surface area contributed by atoms with Gasteiger partial charge < -0.3 is 9.84 Å². The molecule has 218 valence electrons. The van der Waals surface area contributed by atoms with Crippen LogP contribution in [0.15, 0.2) is 82.8 Å². The van der Waals surface area contributed by atoms with Gasteiger partial charge in [0.05, 0.1) is 23.9 Å². The number of Topliss-reactive ketones (excluding diaryl/α,β-unsaturated/α-hetero) is 1. The Morgan fingerprint density at radius 2 is 1.84 bits per heavy atom. The third-order valence-corrected chi connectivity index (χ3v) is 9.30. The molecule has 0 saturated carbocycles. The maximum Gasteiger partial charge on any atom is 0.301 e. The van der Waals surface area contributed by atoms with Gasteiger partial charge >= 0.3 is 5.91 Å². The molecule has 0 spiro atoms. The van der Waals surface area contributed by atoms with Crippen molar-refractivity contribution in [3.05, 3.63) is 106 Å². The van der Waals surface area contributed by atoms with Gasteiger partial charge in [0, 0.05) is 17.0 Å². The van der Waals surface area contributed by atoms with Crippen LogP contribution in [0.2, 0.25) is 5.02 Å². The smallest absolute Gasteiger partial charge is 0.301 e. The number of pyridine rings is 1. The molecule has 5 aromatic rings. The number of imidazole rings is 1. The monoisotopic (exact) mass is 631 g/mol. The highest BCUT2D eigenvalue weighted by Crippen LogP contribution is 2.44. The first kappa shape index (κ1) is 28.9. The molecule has 6 rings (SSSR count). The standard InChI is InChI=1S/C31H26ClN5O4S2/c1-3-16-41-22-13-9-20(10-14-22)26-24(27(38)25-18(2)33-23-6-4-5-15-36(23)25)28(39)29(40)37(26)30-34-35-31(43-30)42-17-19-7-11-21(32)12-8-19/h4-15,26,38H,3,16-17H2,1-2H3. The zero-order chi connectivity index (χ0) is 30.1. The average Bonchev–Trinajstić information content (AvgIpc) is 3.69. The molecule has 1 unspecified atom stereocenters. The minimum absolute atomic E-state index is 0.0495. The molecule has 4 heterocycles. The number of thioether (sulfide) groups is 1. The van der Waals surface area contributed by atoms with Gasteiger partial charge in [0.2, 0.25) is 5.13 Å².